The predicted molar refractivity (Wildman–Crippen MR) is 101 cm³/mol. The van der Waals surface area contributed by atoms with Gasteiger partial charge in [-0.1, -0.05) is 48.4 Å². The molecule has 1 aliphatic rings. The van der Waals surface area contributed by atoms with Crippen LogP contribution in [-0.2, 0) is 21.4 Å². The monoisotopic (exact) mass is 392 g/mol. The van der Waals surface area contributed by atoms with Gasteiger partial charge < -0.3 is 5.32 Å². The third-order valence-corrected chi connectivity index (χ3v) is 6.66. The third kappa shape index (κ3) is 4.26. The standard InChI is InChI=1S/C19H21ClN2O3S/c20-16-11-9-15(10-12-16)14-21-19(23)18-8-4-5-13-22(18)26(24,25)17-6-2-1-3-7-17/h1-3,6-7,9-12,18H,4-5,8,13-14H2,(H,21,23)/t18-/m1/s1. The normalized spacial score (nSPS) is 18.4. The number of hydrogen-bond acceptors (Lipinski definition) is 3. The van der Waals surface area contributed by atoms with Gasteiger partial charge in [-0.25, -0.2) is 8.42 Å². The number of carbonyl (C=O) groups excluding carboxylic acids is 1. The van der Waals surface area contributed by atoms with Crippen LogP contribution in [-0.4, -0.2) is 31.2 Å². The maximum Gasteiger partial charge on any atom is 0.243 e. The topological polar surface area (TPSA) is 66.5 Å². The Morgan fingerprint density at radius 2 is 1.77 bits per heavy atom. The molecule has 0 saturated carbocycles. The molecule has 5 nitrogen and oxygen atoms in total. The van der Waals surface area contributed by atoms with Crippen LogP contribution in [0.3, 0.4) is 0 Å². The molecule has 138 valence electrons. The van der Waals surface area contributed by atoms with E-state index in [1.807, 2.05) is 12.1 Å². The lowest BCUT2D eigenvalue weighted by molar-refractivity contribution is -0.125. The highest BCUT2D eigenvalue weighted by Crippen LogP contribution is 2.25. The average Bonchev–Trinajstić information content (AvgIpc) is 2.68. The van der Waals surface area contributed by atoms with Crippen molar-refractivity contribution in [1.29, 1.82) is 0 Å². The van der Waals surface area contributed by atoms with E-state index in [4.69, 9.17) is 11.6 Å². The molecule has 1 amide bonds. The molecule has 0 spiro atoms. The van der Waals surface area contributed by atoms with Crippen LogP contribution in [0.4, 0.5) is 0 Å². The minimum absolute atomic E-state index is 0.220. The van der Waals surface area contributed by atoms with Crippen molar-refractivity contribution in [2.45, 2.75) is 36.7 Å². The quantitative estimate of drug-likeness (QED) is 0.849. The Balaban J connectivity index is 1.74. The van der Waals surface area contributed by atoms with E-state index in [1.165, 1.54) is 4.31 Å². The van der Waals surface area contributed by atoms with Crippen LogP contribution in [0.5, 0.6) is 0 Å². The third-order valence-electron chi connectivity index (χ3n) is 4.49. The van der Waals surface area contributed by atoms with Crippen LogP contribution in [0.15, 0.2) is 59.5 Å². The summed E-state index contributed by atoms with van der Waals surface area (Å²) < 4.78 is 27.2. The van der Waals surface area contributed by atoms with E-state index >= 15 is 0 Å². The van der Waals surface area contributed by atoms with E-state index < -0.39 is 16.1 Å². The average molecular weight is 393 g/mol. The molecule has 1 aliphatic heterocycles. The smallest absolute Gasteiger partial charge is 0.243 e. The SMILES string of the molecule is O=C(NCc1ccc(Cl)cc1)[C@H]1CCCCN1S(=O)(=O)c1ccccc1. The van der Waals surface area contributed by atoms with Crippen LogP contribution >= 0.6 is 11.6 Å². The fourth-order valence-corrected chi connectivity index (χ4v) is 4.90. The Morgan fingerprint density at radius 3 is 2.46 bits per heavy atom. The molecule has 0 unspecified atom stereocenters. The molecule has 3 rings (SSSR count). The molecule has 26 heavy (non-hydrogen) atoms. The molecular formula is C19H21ClN2O3S. The minimum Gasteiger partial charge on any atom is -0.351 e. The first-order valence-corrected chi connectivity index (χ1v) is 10.4. The molecule has 0 radical (unpaired) electrons. The molecular weight excluding hydrogens is 372 g/mol. The summed E-state index contributed by atoms with van der Waals surface area (Å²) in [6, 6.07) is 14.8. The van der Waals surface area contributed by atoms with Crippen molar-refractivity contribution in [3.63, 3.8) is 0 Å². The van der Waals surface area contributed by atoms with Gasteiger partial charge in [0.15, 0.2) is 0 Å². The van der Waals surface area contributed by atoms with Crippen molar-refractivity contribution in [2.75, 3.05) is 6.54 Å². The number of nitrogens with zero attached hydrogens (tertiary/aromatic N) is 1. The van der Waals surface area contributed by atoms with Gasteiger partial charge >= 0.3 is 0 Å². The Kier molecular flexibility index (Phi) is 5.96. The first kappa shape index (κ1) is 18.9. The van der Waals surface area contributed by atoms with Gasteiger partial charge in [0.05, 0.1) is 4.90 Å². The van der Waals surface area contributed by atoms with Crippen molar-refractivity contribution in [2.24, 2.45) is 0 Å². The van der Waals surface area contributed by atoms with Crippen LogP contribution in [0.25, 0.3) is 0 Å². The summed E-state index contributed by atoms with van der Waals surface area (Å²) in [5.41, 5.74) is 0.913. The Hall–Kier alpha value is -1.89. The number of amides is 1. The van der Waals surface area contributed by atoms with Crippen LogP contribution in [0.1, 0.15) is 24.8 Å². The Bertz CT molecular complexity index is 854. The van der Waals surface area contributed by atoms with Crippen LogP contribution < -0.4 is 5.32 Å². The van der Waals surface area contributed by atoms with Crippen molar-refractivity contribution in [1.82, 2.24) is 9.62 Å². The van der Waals surface area contributed by atoms with Gasteiger partial charge in [0.1, 0.15) is 6.04 Å². The van der Waals surface area contributed by atoms with Crippen molar-refractivity contribution in [3.8, 4) is 0 Å². The van der Waals surface area contributed by atoms with E-state index in [0.29, 0.717) is 24.5 Å². The van der Waals surface area contributed by atoms with Gasteiger partial charge in [-0.15, -0.1) is 0 Å². The second-order valence-corrected chi connectivity index (χ2v) is 8.61. The van der Waals surface area contributed by atoms with Crippen LogP contribution in [0.2, 0.25) is 5.02 Å². The van der Waals surface area contributed by atoms with E-state index in [1.54, 1.807) is 42.5 Å². The highest BCUT2D eigenvalue weighted by molar-refractivity contribution is 7.89. The van der Waals surface area contributed by atoms with Gasteiger partial charge in [-0.2, -0.15) is 4.31 Å². The number of sulfonamides is 1. The van der Waals surface area contributed by atoms with E-state index in [-0.39, 0.29) is 10.8 Å². The summed E-state index contributed by atoms with van der Waals surface area (Å²) in [6.45, 7) is 0.696. The van der Waals surface area contributed by atoms with E-state index in [2.05, 4.69) is 5.32 Å². The summed E-state index contributed by atoms with van der Waals surface area (Å²) in [6.07, 6.45) is 2.12. The highest BCUT2D eigenvalue weighted by atomic mass is 35.5. The van der Waals surface area contributed by atoms with E-state index in [0.717, 1.165) is 18.4 Å². The fourth-order valence-electron chi connectivity index (χ4n) is 3.09. The number of benzene rings is 2. The summed E-state index contributed by atoms with van der Waals surface area (Å²) in [4.78, 5) is 12.9. The lowest BCUT2D eigenvalue weighted by Crippen LogP contribution is -2.51. The maximum absolute atomic E-state index is 12.9. The number of piperidine rings is 1. The van der Waals surface area contributed by atoms with Gasteiger partial charge in [-0.05, 0) is 42.7 Å². The molecule has 0 aliphatic carbocycles. The highest BCUT2D eigenvalue weighted by Gasteiger charge is 2.37. The number of hydrogen-bond donors (Lipinski definition) is 1. The first-order valence-electron chi connectivity index (χ1n) is 8.57. The molecule has 1 N–H and O–H groups in total. The first-order chi connectivity index (χ1) is 12.5. The number of rotatable bonds is 5. The van der Waals surface area contributed by atoms with Gasteiger partial charge in [-0.3, -0.25) is 4.79 Å². The zero-order valence-corrected chi connectivity index (χ0v) is 15.8. The molecule has 1 heterocycles. The summed E-state index contributed by atoms with van der Waals surface area (Å²) in [5, 5.41) is 3.49. The zero-order valence-electron chi connectivity index (χ0n) is 14.3. The molecule has 7 heteroatoms. The molecule has 1 atom stereocenters. The van der Waals surface area contributed by atoms with Crippen LogP contribution in [0, 0.1) is 0 Å². The van der Waals surface area contributed by atoms with Gasteiger partial charge in [0.2, 0.25) is 15.9 Å². The minimum atomic E-state index is -3.69. The zero-order chi connectivity index (χ0) is 18.6. The summed E-state index contributed by atoms with van der Waals surface area (Å²) in [5.74, 6) is -0.265. The molecule has 1 saturated heterocycles. The lowest BCUT2D eigenvalue weighted by atomic mass is 10.0. The second-order valence-electron chi connectivity index (χ2n) is 6.28. The fraction of sp³-hybridized carbons (Fsp3) is 0.316. The van der Waals surface area contributed by atoms with Crippen molar-refractivity contribution < 1.29 is 13.2 Å². The molecule has 0 aromatic heterocycles. The van der Waals surface area contributed by atoms with Crippen molar-refractivity contribution in [3.05, 3.63) is 65.2 Å². The summed E-state index contributed by atoms with van der Waals surface area (Å²) >= 11 is 5.86. The number of carbonyl (C=O) groups is 1. The number of halogens is 1. The van der Waals surface area contributed by atoms with Crippen molar-refractivity contribution >= 4 is 27.5 Å². The predicted octanol–water partition coefficient (Wildman–Crippen LogP) is 3.20. The second kappa shape index (κ2) is 8.20. The largest absolute Gasteiger partial charge is 0.351 e. The lowest BCUT2D eigenvalue weighted by Gasteiger charge is -2.33. The molecule has 0 bridgehead atoms. The van der Waals surface area contributed by atoms with E-state index in [9.17, 15) is 13.2 Å². The summed E-state index contributed by atoms with van der Waals surface area (Å²) in [7, 11) is -3.69. The van der Waals surface area contributed by atoms with Gasteiger partial charge in [0, 0.05) is 18.1 Å². The molecule has 2 aromatic carbocycles. The number of nitrogens with one attached hydrogen (secondary N) is 1. The Labute approximate surface area is 159 Å². The van der Waals surface area contributed by atoms with Gasteiger partial charge in [0.25, 0.3) is 0 Å². The maximum atomic E-state index is 12.9. The Morgan fingerprint density at radius 1 is 1.08 bits per heavy atom. The molecule has 2 aromatic rings. The molecule has 1 fully saturated rings.